The molecule has 5 heteroatoms. The van der Waals surface area contributed by atoms with Crippen molar-refractivity contribution in [1.29, 1.82) is 0 Å². The van der Waals surface area contributed by atoms with Crippen LogP contribution in [0.1, 0.15) is 11.4 Å². The summed E-state index contributed by atoms with van der Waals surface area (Å²) in [7, 11) is 0. The van der Waals surface area contributed by atoms with E-state index in [0.29, 0.717) is 6.61 Å². The first-order chi connectivity index (χ1) is 18.8. The van der Waals surface area contributed by atoms with Crippen LogP contribution in [0.15, 0.2) is 115 Å². The predicted octanol–water partition coefficient (Wildman–Crippen LogP) is 6.64. The average molecular weight is 501 g/mol. The lowest BCUT2D eigenvalue weighted by atomic mass is 10.1. The Morgan fingerprint density at radius 1 is 0.684 bits per heavy atom. The molecule has 0 radical (unpaired) electrons. The zero-order valence-electron chi connectivity index (χ0n) is 21.5. The second-order valence-corrected chi connectivity index (χ2v) is 9.67. The van der Waals surface area contributed by atoms with Gasteiger partial charge in [-0.25, -0.2) is 4.98 Å². The Morgan fingerprint density at radius 2 is 1.34 bits per heavy atom. The van der Waals surface area contributed by atoms with Crippen molar-refractivity contribution >= 4 is 5.69 Å². The van der Waals surface area contributed by atoms with Gasteiger partial charge in [-0.3, -0.25) is 4.90 Å². The van der Waals surface area contributed by atoms with Gasteiger partial charge in [0.2, 0.25) is 0 Å². The summed E-state index contributed by atoms with van der Waals surface area (Å²) in [6.07, 6.45) is 0. The SMILES string of the molecule is c1ccc(COc2cccc(N3CCN(Cc4nc(-c5ccccc5)c(-c5ccccc5)[nH]4)CC3)c2)cc1. The van der Waals surface area contributed by atoms with Gasteiger partial charge in [-0.05, 0) is 17.7 Å². The number of H-pyrrole nitrogens is 1. The van der Waals surface area contributed by atoms with E-state index in [1.165, 1.54) is 11.3 Å². The van der Waals surface area contributed by atoms with Crippen LogP contribution in [0, 0.1) is 0 Å². The Balaban J connectivity index is 1.11. The summed E-state index contributed by atoms with van der Waals surface area (Å²) in [5, 5.41) is 0. The molecule has 5 aromatic rings. The van der Waals surface area contributed by atoms with Gasteiger partial charge < -0.3 is 14.6 Å². The Hall–Kier alpha value is -4.35. The maximum absolute atomic E-state index is 6.06. The van der Waals surface area contributed by atoms with E-state index < -0.39 is 0 Å². The number of rotatable bonds is 8. The average Bonchev–Trinajstić information content (AvgIpc) is 3.42. The fourth-order valence-corrected chi connectivity index (χ4v) is 5.00. The summed E-state index contributed by atoms with van der Waals surface area (Å²) in [5.74, 6) is 1.92. The minimum atomic E-state index is 0.581. The third-order valence-electron chi connectivity index (χ3n) is 7.04. The number of nitrogens with one attached hydrogen (secondary N) is 1. The number of aromatic nitrogens is 2. The molecular weight excluding hydrogens is 468 g/mol. The maximum Gasteiger partial charge on any atom is 0.121 e. The summed E-state index contributed by atoms with van der Waals surface area (Å²) >= 11 is 0. The number of anilines is 1. The number of piperazine rings is 1. The molecule has 0 aliphatic carbocycles. The van der Waals surface area contributed by atoms with Crippen molar-refractivity contribution in [2.75, 3.05) is 31.1 Å². The molecule has 2 heterocycles. The summed E-state index contributed by atoms with van der Waals surface area (Å²) in [6, 6.07) is 39.7. The third-order valence-corrected chi connectivity index (χ3v) is 7.04. The number of aromatic amines is 1. The van der Waals surface area contributed by atoms with E-state index >= 15 is 0 Å². The van der Waals surface area contributed by atoms with Gasteiger partial charge in [0.1, 0.15) is 18.2 Å². The smallest absolute Gasteiger partial charge is 0.121 e. The standard InChI is InChI=1S/C33H32N4O/c1-4-11-26(12-5-1)25-38-30-18-10-17-29(23-30)37-21-19-36(20-22-37)24-31-34-32(27-13-6-2-7-14-27)33(35-31)28-15-8-3-9-16-28/h1-18,23H,19-22,24-25H2,(H,34,35). The van der Waals surface area contributed by atoms with Gasteiger partial charge >= 0.3 is 0 Å². The topological polar surface area (TPSA) is 44.4 Å². The molecule has 0 bridgehead atoms. The second-order valence-electron chi connectivity index (χ2n) is 9.67. The molecule has 38 heavy (non-hydrogen) atoms. The normalized spacial score (nSPS) is 13.9. The van der Waals surface area contributed by atoms with Gasteiger partial charge in [0.25, 0.3) is 0 Å². The molecule has 1 fully saturated rings. The molecule has 0 atom stereocenters. The molecule has 1 aliphatic heterocycles. The molecule has 0 amide bonds. The van der Waals surface area contributed by atoms with Crippen molar-refractivity contribution < 1.29 is 4.74 Å². The first kappa shape index (κ1) is 24.0. The summed E-state index contributed by atoms with van der Waals surface area (Å²) in [4.78, 5) is 13.6. The summed E-state index contributed by atoms with van der Waals surface area (Å²) in [6.45, 7) is 5.30. The molecule has 0 unspecified atom stereocenters. The molecule has 1 aliphatic rings. The van der Waals surface area contributed by atoms with E-state index in [1.54, 1.807) is 0 Å². The molecule has 6 rings (SSSR count). The minimum absolute atomic E-state index is 0.581. The molecule has 190 valence electrons. The molecule has 1 aromatic heterocycles. The van der Waals surface area contributed by atoms with Gasteiger partial charge in [-0.2, -0.15) is 0 Å². The molecule has 1 saturated heterocycles. The number of hydrogen-bond acceptors (Lipinski definition) is 4. The van der Waals surface area contributed by atoms with Crippen LogP contribution in [0.4, 0.5) is 5.69 Å². The molecule has 1 N–H and O–H groups in total. The number of hydrogen-bond donors (Lipinski definition) is 1. The molecular formula is C33H32N4O. The van der Waals surface area contributed by atoms with E-state index in [2.05, 4.69) is 93.6 Å². The van der Waals surface area contributed by atoms with Gasteiger partial charge in [0, 0.05) is 49.1 Å². The van der Waals surface area contributed by atoms with Crippen molar-refractivity contribution in [3.63, 3.8) is 0 Å². The zero-order chi connectivity index (χ0) is 25.6. The lowest BCUT2D eigenvalue weighted by Gasteiger charge is -2.35. The van der Waals surface area contributed by atoms with Crippen molar-refractivity contribution in [3.8, 4) is 28.3 Å². The molecule has 0 spiro atoms. The Kier molecular flexibility index (Phi) is 7.18. The van der Waals surface area contributed by atoms with Crippen LogP contribution in [0.5, 0.6) is 5.75 Å². The summed E-state index contributed by atoms with van der Waals surface area (Å²) < 4.78 is 6.06. The highest BCUT2D eigenvalue weighted by Gasteiger charge is 2.20. The lowest BCUT2D eigenvalue weighted by Crippen LogP contribution is -2.46. The summed E-state index contributed by atoms with van der Waals surface area (Å²) in [5.41, 5.74) is 6.77. The monoisotopic (exact) mass is 500 g/mol. The second kappa shape index (κ2) is 11.4. The molecule has 5 nitrogen and oxygen atoms in total. The van der Waals surface area contributed by atoms with E-state index in [-0.39, 0.29) is 0 Å². The van der Waals surface area contributed by atoms with Crippen LogP contribution in [0.2, 0.25) is 0 Å². The Labute approximate surface area is 224 Å². The largest absolute Gasteiger partial charge is 0.489 e. The van der Waals surface area contributed by atoms with Crippen LogP contribution in [-0.2, 0) is 13.2 Å². The fraction of sp³-hybridized carbons (Fsp3) is 0.182. The van der Waals surface area contributed by atoms with Gasteiger partial charge in [-0.15, -0.1) is 0 Å². The first-order valence-electron chi connectivity index (χ1n) is 13.3. The predicted molar refractivity (Wildman–Crippen MR) is 154 cm³/mol. The van der Waals surface area contributed by atoms with Crippen LogP contribution >= 0.6 is 0 Å². The maximum atomic E-state index is 6.06. The van der Waals surface area contributed by atoms with E-state index in [9.17, 15) is 0 Å². The van der Waals surface area contributed by atoms with Crippen molar-refractivity contribution in [2.24, 2.45) is 0 Å². The number of benzene rings is 4. The quantitative estimate of drug-likeness (QED) is 0.259. The van der Waals surface area contributed by atoms with Gasteiger partial charge in [-0.1, -0.05) is 97.1 Å². The molecule has 0 saturated carbocycles. The van der Waals surface area contributed by atoms with Gasteiger partial charge in [0.15, 0.2) is 0 Å². The van der Waals surface area contributed by atoms with Crippen LogP contribution in [0.25, 0.3) is 22.5 Å². The van der Waals surface area contributed by atoms with E-state index in [0.717, 1.165) is 66.8 Å². The third kappa shape index (κ3) is 5.63. The van der Waals surface area contributed by atoms with Crippen molar-refractivity contribution in [3.05, 3.63) is 127 Å². The van der Waals surface area contributed by atoms with Crippen LogP contribution < -0.4 is 9.64 Å². The van der Waals surface area contributed by atoms with Crippen molar-refractivity contribution in [2.45, 2.75) is 13.2 Å². The zero-order valence-corrected chi connectivity index (χ0v) is 21.5. The number of ether oxygens (including phenoxy) is 1. The van der Waals surface area contributed by atoms with Crippen molar-refractivity contribution in [1.82, 2.24) is 14.9 Å². The number of imidazole rings is 1. The lowest BCUT2D eigenvalue weighted by molar-refractivity contribution is 0.244. The highest BCUT2D eigenvalue weighted by Crippen LogP contribution is 2.30. The fourth-order valence-electron chi connectivity index (χ4n) is 5.00. The molecule has 4 aromatic carbocycles. The minimum Gasteiger partial charge on any atom is -0.489 e. The first-order valence-corrected chi connectivity index (χ1v) is 13.3. The Bertz CT molecular complexity index is 1390. The highest BCUT2D eigenvalue weighted by molar-refractivity contribution is 5.78. The Morgan fingerprint density at radius 3 is 2.05 bits per heavy atom. The highest BCUT2D eigenvalue weighted by atomic mass is 16.5. The number of nitrogens with zero attached hydrogens (tertiary/aromatic N) is 3. The van der Waals surface area contributed by atoms with Crippen LogP contribution in [0.3, 0.4) is 0 Å². The van der Waals surface area contributed by atoms with E-state index in [1.807, 2.05) is 36.4 Å². The van der Waals surface area contributed by atoms with E-state index in [4.69, 9.17) is 9.72 Å². The van der Waals surface area contributed by atoms with Gasteiger partial charge in [0.05, 0.1) is 17.9 Å². The van der Waals surface area contributed by atoms with Crippen LogP contribution in [-0.4, -0.2) is 41.0 Å².